The minimum absolute atomic E-state index is 0.0947. The van der Waals surface area contributed by atoms with Crippen LogP contribution in [-0.4, -0.2) is 23.9 Å². The summed E-state index contributed by atoms with van der Waals surface area (Å²) in [5.41, 5.74) is -0.208. The molecule has 1 unspecified atom stereocenters. The van der Waals surface area contributed by atoms with E-state index >= 15 is 4.39 Å². The first-order valence-electron chi connectivity index (χ1n) is 12.1. The maximum Gasteiger partial charge on any atom is 0.242 e. The van der Waals surface area contributed by atoms with Gasteiger partial charge in [-0.1, -0.05) is 62.2 Å². The lowest BCUT2D eigenvalue weighted by atomic mass is 9.62. The molecule has 196 valence electrons. The third kappa shape index (κ3) is 4.38. The van der Waals surface area contributed by atoms with Gasteiger partial charge in [-0.3, -0.25) is 9.59 Å². The topological polar surface area (TPSA) is 94.0 Å². The maximum absolute atomic E-state index is 15.8. The summed E-state index contributed by atoms with van der Waals surface area (Å²) in [5.74, 6) is -2.38. The third-order valence-corrected chi connectivity index (χ3v) is 8.62. The molecule has 2 amide bonds. The molecule has 0 aliphatic carbocycles. The van der Waals surface area contributed by atoms with Gasteiger partial charge in [-0.2, -0.15) is 5.26 Å². The Morgan fingerprint density at radius 3 is 2.66 bits per heavy atom. The first-order chi connectivity index (χ1) is 18.0. The molecule has 4 atom stereocenters. The molecule has 1 aromatic heterocycles. The molecule has 1 saturated heterocycles. The Morgan fingerprint density at radius 1 is 1.21 bits per heavy atom. The van der Waals surface area contributed by atoms with Crippen LogP contribution in [0.15, 0.2) is 48.5 Å². The van der Waals surface area contributed by atoms with Crippen LogP contribution in [0.1, 0.15) is 49.1 Å². The third-order valence-electron chi connectivity index (χ3n) is 7.18. The van der Waals surface area contributed by atoms with Crippen LogP contribution in [-0.2, 0) is 15.0 Å². The molecule has 3 heterocycles. The molecule has 10 heteroatoms. The Kier molecular flexibility index (Phi) is 6.77. The first kappa shape index (κ1) is 26.6. The van der Waals surface area contributed by atoms with E-state index in [9.17, 15) is 14.9 Å². The minimum atomic E-state index is -1.33. The van der Waals surface area contributed by atoms with E-state index in [1.807, 2.05) is 0 Å². The number of carbonyl (C=O) groups is 2. The molecule has 0 saturated carbocycles. The van der Waals surface area contributed by atoms with Crippen LogP contribution in [0.2, 0.25) is 10.0 Å². The number of benzene rings is 2. The summed E-state index contributed by atoms with van der Waals surface area (Å²) < 4.78 is 15.8. The maximum atomic E-state index is 15.8. The van der Waals surface area contributed by atoms with Crippen LogP contribution >= 0.6 is 34.5 Å². The highest BCUT2D eigenvalue weighted by Crippen LogP contribution is 2.57. The zero-order valence-electron chi connectivity index (χ0n) is 20.9. The normalized spacial score (nSPS) is 24.2. The molecule has 5 rings (SSSR count). The van der Waals surface area contributed by atoms with Gasteiger partial charge < -0.3 is 16.0 Å². The standard InChI is InChI=1S/C28H25Cl2FN4O2S/c1-27(2,3)12-20-28(17-9-7-14(29)11-19(17)33-26(28)37)22(16-5-4-6-18(30)23(16)31)24(34-20)25(36)35-21-10-8-15(13-32)38-21/h4-11,20,22,24,34H,12H2,1-3H3,(H,33,37)(H,35,36)/t20-,22+,24+,28?/m0/s1. The summed E-state index contributed by atoms with van der Waals surface area (Å²) in [6.07, 6.45) is 0.516. The molecular formula is C28H25Cl2FN4O2S. The number of nitrogens with zero attached hydrogens (tertiary/aromatic N) is 1. The summed E-state index contributed by atoms with van der Waals surface area (Å²) >= 11 is 13.6. The summed E-state index contributed by atoms with van der Waals surface area (Å²) in [5, 5.41) is 19.3. The van der Waals surface area contributed by atoms with Gasteiger partial charge in [0.25, 0.3) is 0 Å². The Labute approximate surface area is 234 Å². The number of hydrogen-bond acceptors (Lipinski definition) is 5. The lowest BCUT2D eigenvalue weighted by molar-refractivity contribution is -0.122. The molecule has 38 heavy (non-hydrogen) atoms. The fourth-order valence-electron chi connectivity index (χ4n) is 5.82. The van der Waals surface area contributed by atoms with Crippen LogP contribution in [0.4, 0.5) is 15.1 Å². The van der Waals surface area contributed by atoms with E-state index in [-0.39, 0.29) is 21.9 Å². The molecule has 2 aliphatic heterocycles. The van der Waals surface area contributed by atoms with Gasteiger partial charge in [-0.15, -0.1) is 11.3 Å². The highest BCUT2D eigenvalue weighted by atomic mass is 35.5. The summed E-state index contributed by atoms with van der Waals surface area (Å²) in [6, 6.07) is 13.6. The van der Waals surface area contributed by atoms with Crippen molar-refractivity contribution in [2.24, 2.45) is 5.41 Å². The number of hydrogen-bond donors (Lipinski definition) is 3. The number of anilines is 2. The van der Waals surface area contributed by atoms with Crippen molar-refractivity contribution in [2.75, 3.05) is 10.6 Å². The fraction of sp³-hybridized carbons (Fsp3) is 0.321. The molecule has 2 aliphatic rings. The average Bonchev–Trinajstić information content (AvgIpc) is 3.50. The average molecular weight is 572 g/mol. The van der Waals surface area contributed by atoms with Gasteiger partial charge in [0.1, 0.15) is 22.2 Å². The smallest absolute Gasteiger partial charge is 0.242 e. The number of thiophene rings is 1. The Hall–Kier alpha value is -2.96. The number of fused-ring (bicyclic) bond motifs is 2. The van der Waals surface area contributed by atoms with Gasteiger partial charge in [-0.05, 0) is 53.3 Å². The van der Waals surface area contributed by atoms with Crippen molar-refractivity contribution in [3.05, 3.63) is 80.4 Å². The Bertz CT molecular complexity index is 1490. The van der Waals surface area contributed by atoms with E-state index in [1.165, 1.54) is 6.07 Å². The largest absolute Gasteiger partial charge is 0.325 e. The summed E-state index contributed by atoms with van der Waals surface area (Å²) in [7, 11) is 0. The first-order valence-corrected chi connectivity index (χ1v) is 13.6. The second-order valence-corrected chi connectivity index (χ2v) is 12.8. The predicted octanol–water partition coefficient (Wildman–Crippen LogP) is 6.45. The van der Waals surface area contributed by atoms with E-state index in [0.717, 1.165) is 11.3 Å². The zero-order chi connectivity index (χ0) is 27.4. The van der Waals surface area contributed by atoms with Crippen molar-refractivity contribution < 1.29 is 14.0 Å². The molecule has 3 aromatic rings. The van der Waals surface area contributed by atoms with Crippen LogP contribution in [0.25, 0.3) is 0 Å². The fourth-order valence-corrected chi connectivity index (χ4v) is 6.88. The van der Waals surface area contributed by atoms with Gasteiger partial charge in [0.15, 0.2) is 0 Å². The molecule has 1 spiro atoms. The van der Waals surface area contributed by atoms with Crippen molar-refractivity contribution in [3.63, 3.8) is 0 Å². The number of rotatable bonds is 4. The zero-order valence-corrected chi connectivity index (χ0v) is 23.2. The van der Waals surface area contributed by atoms with Gasteiger partial charge in [0.05, 0.1) is 16.1 Å². The highest BCUT2D eigenvalue weighted by molar-refractivity contribution is 7.16. The lowest BCUT2D eigenvalue weighted by Crippen LogP contribution is -2.49. The van der Waals surface area contributed by atoms with Gasteiger partial charge >= 0.3 is 0 Å². The minimum Gasteiger partial charge on any atom is -0.325 e. The van der Waals surface area contributed by atoms with E-state index in [1.54, 1.807) is 42.5 Å². The Morgan fingerprint density at radius 2 is 1.97 bits per heavy atom. The second kappa shape index (κ2) is 9.65. The molecule has 3 N–H and O–H groups in total. The van der Waals surface area contributed by atoms with Crippen LogP contribution < -0.4 is 16.0 Å². The molecule has 1 fully saturated rings. The van der Waals surface area contributed by atoms with E-state index in [4.69, 9.17) is 23.2 Å². The number of halogens is 3. The van der Waals surface area contributed by atoms with Crippen molar-refractivity contribution >= 4 is 57.0 Å². The van der Waals surface area contributed by atoms with E-state index in [2.05, 4.69) is 42.8 Å². The Balaban J connectivity index is 1.72. The van der Waals surface area contributed by atoms with Gasteiger partial charge in [0, 0.05) is 22.7 Å². The molecule has 6 nitrogen and oxygen atoms in total. The van der Waals surface area contributed by atoms with Crippen molar-refractivity contribution in [3.8, 4) is 6.07 Å². The highest BCUT2D eigenvalue weighted by Gasteiger charge is 2.66. The molecular weight excluding hydrogens is 546 g/mol. The van der Waals surface area contributed by atoms with Gasteiger partial charge in [0.2, 0.25) is 11.8 Å². The van der Waals surface area contributed by atoms with Gasteiger partial charge in [-0.25, -0.2) is 4.39 Å². The second-order valence-electron chi connectivity index (χ2n) is 10.9. The SMILES string of the molecule is CC(C)(C)C[C@@H]1N[C@@H](C(=O)Nc2ccc(C#N)s2)[C@@H](c2cccc(Cl)c2F)C12C(=O)Nc1cc(Cl)ccc12. The predicted molar refractivity (Wildman–Crippen MR) is 148 cm³/mol. The van der Waals surface area contributed by atoms with Crippen molar-refractivity contribution in [1.29, 1.82) is 5.26 Å². The summed E-state index contributed by atoms with van der Waals surface area (Å²) in [6.45, 7) is 6.15. The van der Waals surface area contributed by atoms with Crippen molar-refractivity contribution in [1.82, 2.24) is 5.32 Å². The van der Waals surface area contributed by atoms with Crippen LogP contribution in [0.3, 0.4) is 0 Å². The van der Waals surface area contributed by atoms with E-state index < -0.39 is 35.1 Å². The molecule has 2 aromatic carbocycles. The monoisotopic (exact) mass is 570 g/mol. The summed E-state index contributed by atoms with van der Waals surface area (Å²) in [4.78, 5) is 28.4. The van der Waals surface area contributed by atoms with E-state index in [0.29, 0.717) is 32.6 Å². The number of carbonyl (C=O) groups excluding carboxylic acids is 2. The molecule has 0 bridgehead atoms. The van der Waals surface area contributed by atoms with Crippen molar-refractivity contribution in [2.45, 2.75) is 50.6 Å². The van der Waals surface area contributed by atoms with Crippen LogP contribution in [0, 0.1) is 22.6 Å². The molecule has 0 radical (unpaired) electrons. The van der Waals surface area contributed by atoms with Crippen LogP contribution in [0.5, 0.6) is 0 Å². The quantitative estimate of drug-likeness (QED) is 0.335. The number of nitriles is 1. The lowest BCUT2D eigenvalue weighted by Gasteiger charge is -2.37. The number of amides is 2. The number of nitrogens with one attached hydrogen (secondary N) is 3.